The van der Waals surface area contributed by atoms with Crippen LogP contribution in [0.2, 0.25) is 0 Å². The number of carbonyl (C=O) groups excluding carboxylic acids is 1. The smallest absolute Gasteiger partial charge is 0.246 e. The maximum atomic E-state index is 11.3. The van der Waals surface area contributed by atoms with Crippen molar-refractivity contribution in [2.75, 3.05) is 20.3 Å². The van der Waals surface area contributed by atoms with E-state index in [4.69, 9.17) is 9.47 Å². The fourth-order valence-corrected chi connectivity index (χ4v) is 2.03. The highest BCUT2D eigenvalue weighted by Gasteiger charge is 2.08. The van der Waals surface area contributed by atoms with Crippen LogP contribution in [0.3, 0.4) is 0 Å². The fourth-order valence-electron chi connectivity index (χ4n) is 1.43. The molecular weight excluding hydrogens is 298 g/mol. The molecule has 0 aliphatic rings. The molecule has 0 fully saturated rings. The van der Waals surface area contributed by atoms with E-state index in [2.05, 4.69) is 21.2 Å². The number of ether oxygens (including phenoxy) is 2. The molecule has 1 aromatic carbocycles. The Bertz CT molecular complexity index is 409. The van der Waals surface area contributed by atoms with Crippen LogP contribution in [0.4, 0.5) is 0 Å². The standard InChI is InChI=1S/C13H18BrNO3/c1-9-4-5-12(11(14)6-9)18-7-10(2)15-13(16)8-17-3/h4-6,10H,7-8H2,1-3H3,(H,15,16). The van der Waals surface area contributed by atoms with Gasteiger partial charge in [-0.25, -0.2) is 0 Å². The summed E-state index contributed by atoms with van der Waals surface area (Å²) in [6.07, 6.45) is 0. The molecule has 1 aromatic rings. The number of methoxy groups -OCH3 is 1. The van der Waals surface area contributed by atoms with E-state index in [0.29, 0.717) is 6.61 Å². The van der Waals surface area contributed by atoms with Gasteiger partial charge in [-0.1, -0.05) is 6.07 Å². The lowest BCUT2D eigenvalue weighted by Gasteiger charge is -2.15. The van der Waals surface area contributed by atoms with Gasteiger partial charge >= 0.3 is 0 Å². The normalized spacial score (nSPS) is 12.0. The van der Waals surface area contributed by atoms with E-state index in [1.165, 1.54) is 7.11 Å². The second-order valence-corrected chi connectivity index (χ2v) is 5.00. The molecule has 0 spiro atoms. The number of hydrogen-bond acceptors (Lipinski definition) is 3. The second kappa shape index (κ2) is 7.38. The van der Waals surface area contributed by atoms with E-state index in [9.17, 15) is 4.79 Å². The molecule has 1 amide bonds. The average molecular weight is 316 g/mol. The highest BCUT2D eigenvalue weighted by molar-refractivity contribution is 9.10. The third kappa shape index (κ3) is 5.06. The van der Waals surface area contributed by atoms with E-state index in [1.807, 2.05) is 32.0 Å². The van der Waals surface area contributed by atoms with Crippen LogP contribution in [0, 0.1) is 6.92 Å². The van der Waals surface area contributed by atoms with Gasteiger partial charge in [0, 0.05) is 7.11 Å². The Balaban J connectivity index is 2.42. The topological polar surface area (TPSA) is 47.6 Å². The van der Waals surface area contributed by atoms with Crippen LogP contribution in [0.5, 0.6) is 5.75 Å². The van der Waals surface area contributed by atoms with Crippen molar-refractivity contribution in [3.63, 3.8) is 0 Å². The van der Waals surface area contributed by atoms with Crippen molar-refractivity contribution < 1.29 is 14.3 Å². The molecule has 0 aliphatic carbocycles. The van der Waals surface area contributed by atoms with Gasteiger partial charge in [-0.15, -0.1) is 0 Å². The number of aryl methyl sites for hydroxylation is 1. The van der Waals surface area contributed by atoms with Crippen molar-refractivity contribution in [2.45, 2.75) is 19.9 Å². The predicted octanol–water partition coefficient (Wildman–Crippen LogP) is 2.29. The SMILES string of the molecule is COCC(=O)NC(C)COc1ccc(C)cc1Br. The summed E-state index contributed by atoms with van der Waals surface area (Å²) in [4.78, 5) is 11.3. The summed E-state index contributed by atoms with van der Waals surface area (Å²) in [6, 6.07) is 5.81. The molecule has 0 saturated carbocycles. The number of rotatable bonds is 6. The predicted molar refractivity (Wildman–Crippen MR) is 73.9 cm³/mol. The molecule has 1 atom stereocenters. The first-order valence-corrected chi connectivity index (χ1v) is 6.49. The van der Waals surface area contributed by atoms with Crippen LogP contribution in [-0.2, 0) is 9.53 Å². The maximum absolute atomic E-state index is 11.3. The Labute approximate surface area is 116 Å². The minimum Gasteiger partial charge on any atom is -0.490 e. The summed E-state index contributed by atoms with van der Waals surface area (Å²) >= 11 is 3.44. The summed E-state index contributed by atoms with van der Waals surface area (Å²) in [5, 5.41) is 2.78. The van der Waals surface area contributed by atoms with Gasteiger partial charge in [0.25, 0.3) is 0 Å². The number of benzene rings is 1. The molecule has 1 unspecified atom stereocenters. The van der Waals surface area contributed by atoms with Gasteiger partial charge in [0.1, 0.15) is 19.0 Å². The third-order valence-electron chi connectivity index (χ3n) is 2.26. The molecule has 4 nitrogen and oxygen atoms in total. The van der Waals surface area contributed by atoms with Crippen molar-refractivity contribution in [2.24, 2.45) is 0 Å². The summed E-state index contributed by atoms with van der Waals surface area (Å²) < 4.78 is 11.3. The Morgan fingerprint density at radius 3 is 2.83 bits per heavy atom. The zero-order valence-corrected chi connectivity index (χ0v) is 12.4. The maximum Gasteiger partial charge on any atom is 0.246 e. The van der Waals surface area contributed by atoms with E-state index >= 15 is 0 Å². The van der Waals surface area contributed by atoms with E-state index in [0.717, 1.165) is 15.8 Å². The fraction of sp³-hybridized carbons (Fsp3) is 0.462. The van der Waals surface area contributed by atoms with Crippen LogP contribution in [-0.4, -0.2) is 32.3 Å². The van der Waals surface area contributed by atoms with Gasteiger partial charge in [0.15, 0.2) is 0 Å². The summed E-state index contributed by atoms with van der Waals surface area (Å²) in [5.74, 6) is 0.630. The zero-order valence-electron chi connectivity index (χ0n) is 10.8. The highest BCUT2D eigenvalue weighted by atomic mass is 79.9. The van der Waals surface area contributed by atoms with E-state index in [1.54, 1.807) is 0 Å². The molecule has 0 aliphatic heterocycles. The number of nitrogens with one attached hydrogen (secondary N) is 1. The van der Waals surface area contributed by atoms with Gasteiger partial charge < -0.3 is 14.8 Å². The van der Waals surface area contributed by atoms with Crippen LogP contribution in [0.15, 0.2) is 22.7 Å². The number of halogens is 1. The molecular formula is C13H18BrNO3. The van der Waals surface area contributed by atoms with Gasteiger partial charge in [0.2, 0.25) is 5.91 Å². The summed E-state index contributed by atoms with van der Waals surface area (Å²) in [5.41, 5.74) is 1.16. The quantitative estimate of drug-likeness (QED) is 0.876. The van der Waals surface area contributed by atoms with Crippen LogP contribution < -0.4 is 10.1 Å². The van der Waals surface area contributed by atoms with Crippen molar-refractivity contribution in [1.29, 1.82) is 0 Å². The van der Waals surface area contributed by atoms with Gasteiger partial charge in [-0.2, -0.15) is 0 Å². The molecule has 0 saturated heterocycles. The molecule has 0 bridgehead atoms. The monoisotopic (exact) mass is 315 g/mol. The number of amides is 1. The zero-order chi connectivity index (χ0) is 13.5. The van der Waals surface area contributed by atoms with Crippen LogP contribution >= 0.6 is 15.9 Å². The van der Waals surface area contributed by atoms with E-state index in [-0.39, 0.29) is 18.6 Å². The first kappa shape index (κ1) is 15.0. The van der Waals surface area contributed by atoms with Crippen molar-refractivity contribution in [3.05, 3.63) is 28.2 Å². The lowest BCUT2D eigenvalue weighted by Crippen LogP contribution is -2.38. The molecule has 1 rings (SSSR count). The molecule has 18 heavy (non-hydrogen) atoms. The number of carbonyl (C=O) groups is 1. The second-order valence-electron chi connectivity index (χ2n) is 4.15. The highest BCUT2D eigenvalue weighted by Crippen LogP contribution is 2.25. The summed E-state index contributed by atoms with van der Waals surface area (Å²) in [6.45, 7) is 4.38. The van der Waals surface area contributed by atoms with Gasteiger partial charge in [-0.05, 0) is 47.5 Å². The lowest BCUT2D eigenvalue weighted by atomic mass is 10.2. The average Bonchev–Trinajstić information content (AvgIpc) is 2.28. The molecule has 0 heterocycles. The molecule has 0 aromatic heterocycles. The Morgan fingerprint density at radius 1 is 1.50 bits per heavy atom. The lowest BCUT2D eigenvalue weighted by molar-refractivity contribution is -0.125. The Kier molecular flexibility index (Phi) is 6.15. The first-order chi connectivity index (χ1) is 8.52. The van der Waals surface area contributed by atoms with Gasteiger partial charge in [-0.3, -0.25) is 4.79 Å². The third-order valence-corrected chi connectivity index (χ3v) is 2.88. The molecule has 5 heteroatoms. The van der Waals surface area contributed by atoms with Gasteiger partial charge in [0.05, 0.1) is 10.5 Å². The molecule has 1 N–H and O–H groups in total. The van der Waals surface area contributed by atoms with Crippen molar-refractivity contribution in [3.8, 4) is 5.75 Å². The van der Waals surface area contributed by atoms with Crippen LogP contribution in [0.1, 0.15) is 12.5 Å². The molecule has 0 radical (unpaired) electrons. The van der Waals surface area contributed by atoms with Crippen molar-refractivity contribution in [1.82, 2.24) is 5.32 Å². The van der Waals surface area contributed by atoms with E-state index < -0.39 is 0 Å². The van der Waals surface area contributed by atoms with Crippen molar-refractivity contribution >= 4 is 21.8 Å². The Morgan fingerprint density at radius 2 is 2.22 bits per heavy atom. The summed E-state index contributed by atoms with van der Waals surface area (Å²) in [7, 11) is 1.49. The number of hydrogen-bond donors (Lipinski definition) is 1. The Hall–Kier alpha value is -1.07. The molecule has 100 valence electrons. The van der Waals surface area contributed by atoms with Crippen LogP contribution in [0.25, 0.3) is 0 Å². The minimum atomic E-state index is -0.142. The largest absolute Gasteiger partial charge is 0.490 e. The first-order valence-electron chi connectivity index (χ1n) is 5.70. The minimum absolute atomic E-state index is 0.0680.